The summed E-state index contributed by atoms with van der Waals surface area (Å²) in [7, 11) is -1.26. The van der Waals surface area contributed by atoms with Gasteiger partial charge >= 0.3 is 16.1 Å². The fourth-order valence-electron chi connectivity index (χ4n) is 4.64. The highest BCUT2D eigenvalue weighted by Gasteiger charge is 2.28. The highest BCUT2D eigenvalue weighted by molar-refractivity contribution is 7.87. The number of nitrogens with one attached hydrogen (secondary N) is 2. The van der Waals surface area contributed by atoms with E-state index in [2.05, 4.69) is 38.7 Å². The van der Waals surface area contributed by atoms with E-state index in [1.54, 1.807) is 6.33 Å². The van der Waals surface area contributed by atoms with Crippen LogP contribution >= 0.6 is 0 Å². The zero-order valence-corrected chi connectivity index (χ0v) is 20.7. The molecule has 11 heteroatoms. The Labute approximate surface area is 195 Å². The lowest BCUT2D eigenvalue weighted by atomic mass is 9.80. The number of carbonyl (C=O) groups excluding carboxylic acids is 1. The Morgan fingerprint density at radius 1 is 1.18 bits per heavy atom. The number of amides is 1. The molecule has 2 fully saturated rings. The molecule has 2 aliphatic rings. The summed E-state index contributed by atoms with van der Waals surface area (Å²) in [6.45, 7) is 5.26. The highest BCUT2D eigenvalue weighted by Crippen LogP contribution is 2.33. The van der Waals surface area contributed by atoms with Crippen LogP contribution in [0.3, 0.4) is 0 Å². The van der Waals surface area contributed by atoms with E-state index in [4.69, 9.17) is 0 Å². The number of aromatic nitrogens is 4. The van der Waals surface area contributed by atoms with Crippen LogP contribution in [0.25, 0.3) is 11.2 Å². The van der Waals surface area contributed by atoms with E-state index in [1.165, 1.54) is 46.2 Å². The third kappa shape index (κ3) is 5.29. The maximum absolute atomic E-state index is 12.7. The fraction of sp³-hybridized carbons (Fsp3) is 0.727. The Morgan fingerprint density at radius 3 is 2.48 bits per heavy atom. The van der Waals surface area contributed by atoms with Gasteiger partial charge in [-0.05, 0) is 50.4 Å². The van der Waals surface area contributed by atoms with Crippen molar-refractivity contribution in [2.24, 2.45) is 17.8 Å². The Bertz CT molecular complexity index is 1100. The highest BCUT2D eigenvalue weighted by atomic mass is 32.2. The summed E-state index contributed by atoms with van der Waals surface area (Å²) in [6, 6.07) is 0.178. The van der Waals surface area contributed by atoms with Crippen molar-refractivity contribution < 1.29 is 13.2 Å². The van der Waals surface area contributed by atoms with Gasteiger partial charge in [-0.2, -0.15) is 12.7 Å². The van der Waals surface area contributed by atoms with Crippen molar-refractivity contribution in [3.05, 3.63) is 12.2 Å². The first-order chi connectivity index (χ1) is 15.6. The van der Waals surface area contributed by atoms with E-state index < -0.39 is 16.1 Å². The maximum Gasteiger partial charge on any atom is 0.303 e. The quantitative estimate of drug-likeness (QED) is 0.599. The van der Waals surface area contributed by atoms with Gasteiger partial charge in [-0.1, -0.05) is 26.2 Å². The molecule has 0 bridgehead atoms. The summed E-state index contributed by atoms with van der Waals surface area (Å²) in [4.78, 5) is 25.9. The smallest absolute Gasteiger partial charge is 0.303 e. The second kappa shape index (κ2) is 9.54. The molecule has 2 heterocycles. The zero-order valence-electron chi connectivity index (χ0n) is 19.9. The second-order valence-electron chi connectivity index (χ2n) is 9.93. The van der Waals surface area contributed by atoms with Crippen molar-refractivity contribution in [3.63, 3.8) is 0 Å². The van der Waals surface area contributed by atoms with E-state index in [1.807, 2.05) is 4.72 Å². The molecule has 2 aromatic heterocycles. The van der Waals surface area contributed by atoms with E-state index in [9.17, 15) is 13.2 Å². The molecule has 0 radical (unpaired) electrons. The summed E-state index contributed by atoms with van der Waals surface area (Å²) >= 11 is 0. The average Bonchev–Trinajstić information content (AvgIpc) is 3.11. The molecular weight excluding hydrogens is 442 g/mol. The lowest BCUT2D eigenvalue weighted by molar-refractivity contribution is 0.0970. The molecule has 0 saturated heterocycles. The number of imidazole rings is 1. The normalized spacial score (nSPS) is 22.8. The molecule has 2 saturated carbocycles. The standard InChI is InChI=1S/C22H35N7O3S/c1-14-8-10-16(11-9-14)12-29-13-23-19-18(29)20(24-15(2)17-6-5-7-17)26-21(25-19)22(30)27-33(31,32)28(3)4/h13-17H,5-12H2,1-4H3,(H,27,30)(H,24,25,26)/t14?,15-,16?/m1/s1. The van der Waals surface area contributed by atoms with Crippen LogP contribution in [0, 0.1) is 17.8 Å². The number of carbonyl (C=O) groups is 1. The minimum atomic E-state index is -3.95. The molecule has 0 aliphatic heterocycles. The Morgan fingerprint density at radius 2 is 1.88 bits per heavy atom. The zero-order chi connectivity index (χ0) is 23.8. The van der Waals surface area contributed by atoms with Crippen LogP contribution in [0.5, 0.6) is 0 Å². The van der Waals surface area contributed by atoms with Crippen molar-refractivity contribution in [3.8, 4) is 0 Å². The molecule has 0 unspecified atom stereocenters. The SMILES string of the molecule is CC1CCC(Cn2cnc3nc(C(=O)NS(=O)(=O)N(C)C)nc(N[C@H](C)C4CCC4)c32)CC1. The summed E-state index contributed by atoms with van der Waals surface area (Å²) in [5, 5.41) is 3.49. The van der Waals surface area contributed by atoms with Gasteiger partial charge in [-0.25, -0.2) is 19.7 Å². The van der Waals surface area contributed by atoms with Gasteiger partial charge in [0.1, 0.15) is 5.52 Å². The van der Waals surface area contributed by atoms with Crippen molar-refractivity contribution in [1.82, 2.24) is 28.5 Å². The van der Waals surface area contributed by atoms with Crippen molar-refractivity contribution in [2.45, 2.75) is 71.4 Å². The number of hydrogen-bond acceptors (Lipinski definition) is 7. The number of anilines is 1. The molecule has 182 valence electrons. The van der Waals surface area contributed by atoms with Gasteiger partial charge in [0, 0.05) is 26.7 Å². The average molecular weight is 478 g/mol. The Hall–Kier alpha value is -2.27. The molecule has 4 rings (SSSR count). The summed E-state index contributed by atoms with van der Waals surface area (Å²) in [5.74, 6) is 1.35. The largest absolute Gasteiger partial charge is 0.365 e. The minimum absolute atomic E-state index is 0.178. The van der Waals surface area contributed by atoms with E-state index in [0.717, 1.165) is 35.1 Å². The second-order valence-corrected chi connectivity index (χ2v) is 11.8. The molecule has 0 aromatic carbocycles. The monoisotopic (exact) mass is 477 g/mol. The maximum atomic E-state index is 12.7. The van der Waals surface area contributed by atoms with Crippen LogP contribution in [0.1, 0.15) is 69.4 Å². The first-order valence-corrected chi connectivity index (χ1v) is 13.3. The lowest BCUT2D eigenvalue weighted by Crippen LogP contribution is -2.40. The molecule has 10 nitrogen and oxygen atoms in total. The molecule has 1 amide bonds. The van der Waals surface area contributed by atoms with Crippen molar-refractivity contribution >= 4 is 33.1 Å². The third-order valence-electron chi connectivity index (χ3n) is 7.19. The first-order valence-electron chi connectivity index (χ1n) is 11.9. The van der Waals surface area contributed by atoms with Gasteiger partial charge in [0.25, 0.3) is 0 Å². The summed E-state index contributed by atoms with van der Waals surface area (Å²) in [5.41, 5.74) is 1.16. The molecule has 2 aromatic rings. The van der Waals surface area contributed by atoms with Crippen LogP contribution in [0.4, 0.5) is 5.82 Å². The number of fused-ring (bicyclic) bond motifs is 1. The number of nitrogens with zero attached hydrogens (tertiary/aromatic N) is 5. The van der Waals surface area contributed by atoms with Crippen molar-refractivity contribution in [1.29, 1.82) is 0 Å². The Kier molecular flexibility index (Phi) is 6.90. The molecule has 1 atom stereocenters. The van der Waals surface area contributed by atoms with Gasteiger partial charge in [0.15, 0.2) is 11.5 Å². The van der Waals surface area contributed by atoms with Gasteiger partial charge in [-0.15, -0.1) is 0 Å². The first kappa shape index (κ1) is 23.9. The topological polar surface area (TPSA) is 122 Å². The van der Waals surface area contributed by atoms with Gasteiger partial charge in [0.2, 0.25) is 5.82 Å². The van der Waals surface area contributed by atoms with Crippen molar-refractivity contribution in [2.75, 3.05) is 19.4 Å². The number of rotatable bonds is 8. The van der Waals surface area contributed by atoms with Crippen LogP contribution in [0.15, 0.2) is 6.33 Å². The third-order valence-corrected chi connectivity index (χ3v) is 8.59. The van der Waals surface area contributed by atoms with E-state index in [-0.39, 0.29) is 11.9 Å². The van der Waals surface area contributed by atoms with Gasteiger partial charge in [0.05, 0.1) is 6.33 Å². The van der Waals surface area contributed by atoms with Crippen LogP contribution in [-0.2, 0) is 16.8 Å². The fourth-order valence-corrected chi connectivity index (χ4v) is 5.15. The molecule has 33 heavy (non-hydrogen) atoms. The lowest BCUT2D eigenvalue weighted by Gasteiger charge is -2.32. The predicted octanol–water partition coefficient (Wildman–Crippen LogP) is 2.79. The van der Waals surface area contributed by atoms with Gasteiger partial charge < -0.3 is 9.88 Å². The molecular formula is C22H35N7O3S. The number of hydrogen-bond donors (Lipinski definition) is 2. The van der Waals surface area contributed by atoms with E-state index in [0.29, 0.717) is 23.3 Å². The summed E-state index contributed by atoms with van der Waals surface area (Å²) in [6.07, 6.45) is 10.2. The molecule has 2 aliphatic carbocycles. The minimum Gasteiger partial charge on any atom is -0.365 e. The summed E-state index contributed by atoms with van der Waals surface area (Å²) < 4.78 is 29.3. The molecule has 0 spiro atoms. The molecule has 2 N–H and O–H groups in total. The van der Waals surface area contributed by atoms with Crippen LogP contribution < -0.4 is 10.0 Å². The van der Waals surface area contributed by atoms with Gasteiger partial charge in [-0.3, -0.25) is 4.79 Å². The van der Waals surface area contributed by atoms with Crippen LogP contribution in [-0.4, -0.2) is 58.3 Å². The van der Waals surface area contributed by atoms with Crippen LogP contribution in [0.2, 0.25) is 0 Å². The van der Waals surface area contributed by atoms with E-state index >= 15 is 0 Å². The predicted molar refractivity (Wildman–Crippen MR) is 127 cm³/mol. The Balaban J connectivity index is 1.66.